The molecule has 1 N–H and O–H groups in total. The molecule has 0 unspecified atom stereocenters. The predicted molar refractivity (Wildman–Crippen MR) is 87.9 cm³/mol. The molecule has 1 aromatic carbocycles. The Morgan fingerprint density at radius 2 is 2.17 bits per heavy atom. The molecule has 7 nitrogen and oxygen atoms in total. The van der Waals surface area contributed by atoms with E-state index >= 15 is 0 Å². The normalized spacial score (nSPS) is 17.2. The van der Waals surface area contributed by atoms with Crippen LogP contribution in [-0.4, -0.2) is 30.1 Å². The monoisotopic (exact) mass is 329 g/mol. The second-order valence-corrected chi connectivity index (χ2v) is 5.64. The summed E-state index contributed by atoms with van der Waals surface area (Å²) in [5, 5.41) is 6.41. The lowest BCUT2D eigenvalue weighted by Gasteiger charge is -2.17. The number of carbonyl (C=O) groups is 2. The lowest BCUT2D eigenvalue weighted by atomic mass is 10.1. The largest absolute Gasteiger partial charge is 0.494 e. The standard InChI is InChI=1S/C17H19N3O4/c1-3-23-14-6-4-13(5-7-14)20-10-12(9-16(20)21)17(22)18-15-8-11(2)24-19-15/h4-8,12H,3,9-10H2,1-2H3,(H,18,19,22)/t12-/m1/s1. The SMILES string of the molecule is CCOc1ccc(N2C[C@H](C(=O)Nc3cc(C)on3)CC2=O)cc1. The van der Waals surface area contributed by atoms with Gasteiger partial charge in [0.25, 0.3) is 0 Å². The first kappa shape index (κ1) is 16.0. The van der Waals surface area contributed by atoms with E-state index in [-0.39, 0.29) is 18.2 Å². The number of aryl methyl sites for hydroxylation is 1. The summed E-state index contributed by atoms with van der Waals surface area (Å²) < 4.78 is 10.3. The number of amides is 2. The van der Waals surface area contributed by atoms with E-state index in [1.54, 1.807) is 17.9 Å². The van der Waals surface area contributed by atoms with E-state index in [0.717, 1.165) is 11.4 Å². The summed E-state index contributed by atoms with van der Waals surface area (Å²) >= 11 is 0. The lowest BCUT2D eigenvalue weighted by molar-refractivity contribution is -0.122. The van der Waals surface area contributed by atoms with Crippen molar-refractivity contribution >= 4 is 23.3 Å². The minimum atomic E-state index is -0.416. The Balaban J connectivity index is 1.65. The fourth-order valence-corrected chi connectivity index (χ4v) is 2.68. The van der Waals surface area contributed by atoms with Gasteiger partial charge in [-0.05, 0) is 38.1 Å². The van der Waals surface area contributed by atoms with Gasteiger partial charge in [-0.1, -0.05) is 5.16 Å². The quantitative estimate of drug-likeness (QED) is 0.910. The Kier molecular flexibility index (Phi) is 4.50. The van der Waals surface area contributed by atoms with Crippen molar-refractivity contribution in [3.8, 4) is 5.75 Å². The molecule has 0 bridgehead atoms. The highest BCUT2D eigenvalue weighted by atomic mass is 16.5. The van der Waals surface area contributed by atoms with Gasteiger partial charge < -0.3 is 19.5 Å². The minimum Gasteiger partial charge on any atom is -0.494 e. The van der Waals surface area contributed by atoms with Crippen molar-refractivity contribution in [1.29, 1.82) is 0 Å². The van der Waals surface area contributed by atoms with Crippen LogP contribution in [0.3, 0.4) is 0 Å². The summed E-state index contributed by atoms with van der Waals surface area (Å²) in [6.07, 6.45) is 0.176. The molecule has 1 saturated heterocycles. The van der Waals surface area contributed by atoms with Gasteiger partial charge in [0.2, 0.25) is 11.8 Å². The number of hydrogen-bond donors (Lipinski definition) is 1. The summed E-state index contributed by atoms with van der Waals surface area (Å²) in [6.45, 7) is 4.59. The molecule has 0 radical (unpaired) electrons. The highest BCUT2D eigenvalue weighted by Crippen LogP contribution is 2.27. The average molecular weight is 329 g/mol. The third-order valence-electron chi connectivity index (χ3n) is 3.83. The maximum absolute atomic E-state index is 12.3. The van der Waals surface area contributed by atoms with Gasteiger partial charge >= 0.3 is 0 Å². The molecule has 1 aliphatic rings. The van der Waals surface area contributed by atoms with E-state index in [4.69, 9.17) is 9.26 Å². The molecule has 1 aromatic heterocycles. The molecule has 1 aliphatic heterocycles. The molecule has 24 heavy (non-hydrogen) atoms. The molecule has 2 aromatic rings. The zero-order chi connectivity index (χ0) is 17.1. The summed E-state index contributed by atoms with van der Waals surface area (Å²) in [5.41, 5.74) is 0.760. The second-order valence-electron chi connectivity index (χ2n) is 5.64. The van der Waals surface area contributed by atoms with Crippen LogP contribution in [0.5, 0.6) is 5.75 Å². The van der Waals surface area contributed by atoms with Crippen LogP contribution in [-0.2, 0) is 9.59 Å². The maximum Gasteiger partial charge on any atom is 0.231 e. The van der Waals surface area contributed by atoms with Gasteiger partial charge in [0.15, 0.2) is 5.82 Å². The number of anilines is 2. The molecule has 0 aliphatic carbocycles. The predicted octanol–water partition coefficient (Wildman–Crippen LogP) is 2.37. The number of nitrogens with one attached hydrogen (secondary N) is 1. The number of rotatable bonds is 5. The van der Waals surface area contributed by atoms with Crippen LogP contribution in [0.1, 0.15) is 19.1 Å². The summed E-state index contributed by atoms with van der Waals surface area (Å²) in [7, 11) is 0. The fourth-order valence-electron chi connectivity index (χ4n) is 2.68. The molecule has 7 heteroatoms. The van der Waals surface area contributed by atoms with E-state index in [1.807, 2.05) is 31.2 Å². The zero-order valence-corrected chi connectivity index (χ0v) is 13.6. The molecule has 0 spiro atoms. The summed E-state index contributed by atoms with van der Waals surface area (Å²) in [6, 6.07) is 8.92. The number of aromatic nitrogens is 1. The third kappa shape index (κ3) is 3.40. The highest BCUT2D eigenvalue weighted by molar-refractivity contribution is 6.03. The summed E-state index contributed by atoms with van der Waals surface area (Å²) in [4.78, 5) is 26.2. The second kappa shape index (κ2) is 6.74. The van der Waals surface area contributed by atoms with Crippen molar-refractivity contribution in [3.05, 3.63) is 36.1 Å². The van der Waals surface area contributed by atoms with E-state index in [0.29, 0.717) is 24.7 Å². The van der Waals surface area contributed by atoms with Crippen LogP contribution in [0, 0.1) is 12.8 Å². The van der Waals surface area contributed by atoms with Gasteiger partial charge in [-0.15, -0.1) is 0 Å². The van der Waals surface area contributed by atoms with Gasteiger partial charge in [0.05, 0.1) is 12.5 Å². The highest BCUT2D eigenvalue weighted by Gasteiger charge is 2.35. The van der Waals surface area contributed by atoms with Crippen LogP contribution < -0.4 is 15.0 Å². The number of benzene rings is 1. The van der Waals surface area contributed by atoms with Crippen molar-refractivity contribution < 1.29 is 18.8 Å². The Morgan fingerprint density at radius 3 is 2.79 bits per heavy atom. The molecule has 1 fully saturated rings. The first-order valence-electron chi connectivity index (χ1n) is 7.84. The van der Waals surface area contributed by atoms with Crippen LogP contribution in [0.2, 0.25) is 0 Å². The van der Waals surface area contributed by atoms with Gasteiger partial charge in [0, 0.05) is 24.7 Å². The van der Waals surface area contributed by atoms with Gasteiger partial charge in [-0.3, -0.25) is 9.59 Å². The maximum atomic E-state index is 12.3. The van der Waals surface area contributed by atoms with Crippen molar-refractivity contribution in [3.63, 3.8) is 0 Å². The Morgan fingerprint density at radius 1 is 1.42 bits per heavy atom. The van der Waals surface area contributed by atoms with Gasteiger partial charge in [-0.2, -0.15) is 0 Å². The lowest BCUT2D eigenvalue weighted by Crippen LogP contribution is -2.28. The van der Waals surface area contributed by atoms with Crippen molar-refractivity contribution in [2.45, 2.75) is 20.3 Å². The molecule has 0 saturated carbocycles. The van der Waals surface area contributed by atoms with E-state index in [2.05, 4.69) is 10.5 Å². The number of carbonyl (C=O) groups excluding carboxylic acids is 2. The van der Waals surface area contributed by atoms with Gasteiger partial charge in [-0.25, -0.2) is 0 Å². The molecule has 2 heterocycles. The van der Waals surface area contributed by atoms with Gasteiger partial charge in [0.1, 0.15) is 11.5 Å². The van der Waals surface area contributed by atoms with Crippen molar-refractivity contribution in [2.24, 2.45) is 5.92 Å². The van der Waals surface area contributed by atoms with E-state index in [9.17, 15) is 9.59 Å². The number of hydrogen-bond acceptors (Lipinski definition) is 5. The summed E-state index contributed by atoms with van der Waals surface area (Å²) in [5.74, 6) is 1.01. The molecular weight excluding hydrogens is 310 g/mol. The number of nitrogens with zero attached hydrogens (tertiary/aromatic N) is 2. The van der Waals surface area contributed by atoms with Crippen molar-refractivity contribution in [2.75, 3.05) is 23.4 Å². The van der Waals surface area contributed by atoms with Crippen LogP contribution >= 0.6 is 0 Å². The molecule has 1 atom stereocenters. The average Bonchev–Trinajstić information content (AvgIpc) is 3.14. The fraction of sp³-hybridized carbons (Fsp3) is 0.353. The first-order chi connectivity index (χ1) is 11.6. The Hall–Kier alpha value is -2.83. The van der Waals surface area contributed by atoms with Crippen LogP contribution in [0.4, 0.5) is 11.5 Å². The molecular formula is C17H19N3O4. The molecule has 2 amide bonds. The molecule has 3 rings (SSSR count). The number of ether oxygens (including phenoxy) is 1. The molecule has 126 valence electrons. The topological polar surface area (TPSA) is 84.7 Å². The zero-order valence-electron chi connectivity index (χ0n) is 13.6. The van der Waals surface area contributed by atoms with E-state index in [1.165, 1.54) is 0 Å². The third-order valence-corrected chi connectivity index (χ3v) is 3.83. The Labute approximate surface area is 139 Å². The van der Waals surface area contributed by atoms with Crippen LogP contribution in [0.25, 0.3) is 0 Å². The smallest absolute Gasteiger partial charge is 0.231 e. The van der Waals surface area contributed by atoms with E-state index < -0.39 is 5.92 Å². The Bertz CT molecular complexity index is 739. The van der Waals surface area contributed by atoms with Crippen LogP contribution in [0.15, 0.2) is 34.9 Å². The van der Waals surface area contributed by atoms with Crippen molar-refractivity contribution in [1.82, 2.24) is 5.16 Å². The minimum absolute atomic E-state index is 0.0735. The first-order valence-corrected chi connectivity index (χ1v) is 7.84.